The van der Waals surface area contributed by atoms with Crippen LogP contribution in [-0.4, -0.2) is 23.7 Å². The molecule has 2 rings (SSSR count). The molecule has 110 valence electrons. The van der Waals surface area contributed by atoms with Gasteiger partial charge in [-0.2, -0.15) is 0 Å². The van der Waals surface area contributed by atoms with Gasteiger partial charge in [0.15, 0.2) is 0 Å². The Morgan fingerprint density at radius 1 is 1.45 bits per heavy atom. The summed E-state index contributed by atoms with van der Waals surface area (Å²) in [6, 6.07) is 6.64. The monoisotopic (exact) mass is 279 g/mol. The summed E-state index contributed by atoms with van der Waals surface area (Å²) in [6.45, 7) is 1.94. The highest BCUT2D eigenvalue weighted by Gasteiger charge is 2.32. The van der Waals surface area contributed by atoms with Crippen LogP contribution in [0.4, 0.5) is 4.39 Å². The molecule has 1 saturated carbocycles. The van der Waals surface area contributed by atoms with Crippen molar-refractivity contribution in [3.63, 3.8) is 0 Å². The van der Waals surface area contributed by atoms with E-state index in [2.05, 4.69) is 5.32 Å². The summed E-state index contributed by atoms with van der Waals surface area (Å²) in [5.41, 5.74) is 0.577. The summed E-state index contributed by atoms with van der Waals surface area (Å²) in [5, 5.41) is 12.0. The Labute approximate surface area is 119 Å². The molecule has 1 aliphatic carbocycles. The molecular weight excluding hydrogens is 257 g/mol. The van der Waals surface area contributed by atoms with Crippen LogP contribution in [0, 0.1) is 11.7 Å². The molecule has 0 aliphatic heterocycles. The van der Waals surface area contributed by atoms with E-state index in [0.717, 1.165) is 12.8 Å². The average Bonchev–Trinajstić information content (AvgIpc) is 3.22. The van der Waals surface area contributed by atoms with E-state index in [9.17, 15) is 9.18 Å². The van der Waals surface area contributed by atoms with Gasteiger partial charge in [-0.25, -0.2) is 4.39 Å². The van der Waals surface area contributed by atoms with Gasteiger partial charge in [0, 0.05) is 19.1 Å². The van der Waals surface area contributed by atoms with Crippen molar-refractivity contribution in [1.82, 2.24) is 5.32 Å². The molecule has 2 atom stereocenters. The molecule has 4 heteroatoms. The highest BCUT2D eigenvalue weighted by Crippen LogP contribution is 2.34. The van der Waals surface area contributed by atoms with E-state index >= 15 is 0 Å². The number of nitrogens with one attached hydrogen (secondary N) is 1. The molecule has 1 amide bonds. The number of benzene rings is 1. The largest absolute Gasteiger partial charge is 0.396 e. The number of amides is 1. The van der Waals surface area contributed by atoms with Crippen molar-refractivity contribution in [2.45, 2.75) is 44.6 Å². The Morgan fingerprint density at radius 3 is 2.75 bits per heavy atom. The number of rotatable bonds is 7. The summed E-state index contributed by atoms with van der Waals surface area (Å²) in [7, 11) is 0. The first kappa shape index (κ1) is 15.0. The van der Waals surface area contributed by atoms with Crippen LogP contribution in [0.2, 0.25) is 0 Å². The second kappa shape index (κ2) is 6.84. The van der Waals surface area contributed by atoms with Crippen LogP contribution >= 0.6 is 0 Å². The van der Waals surface area contributed by atoms with E-state index in [0.29, 0.717) is 17.9 Å². The van der Waals surface area contributed by atoms with Gasteiger partial charge < -0.3 is 10.4 Å². The van der Waals surface area contributed by atoms with Crippen LogP contribution in [0.3, 0.4) is 0 Å². The van der Waals surface area contributed by atoms with Crippen LogP contribution in [-0.2, 0) is 4.79 Å². The van der Waals surface area contributed by atoms with Crippen molar-refractivity contribution in [3.8, 4) is 0 Å². The second-order valence-corrected chi connectivity index (χ2v) is 5.65. The molecule has 20 heavy (non-hydrogen) atoms. The van der Waals surface area contributed by atoms with Gasteiger partial charge in [0.2, 0.25) is 5.91 Å². The lowest BCUT2D eigenvalue weighted by Gasteiger charge is -2.19. The number of hydrogen-bond acceptors (Lipinski definition) is 2. The highest BCUT2D eigenvalue weighted by molar-refractivity contribution is 5.77. The van der Waals surface area contributed by atoms with E-state index in [-0.39, 0.29) is 36.7 Å². The Hall–Kier alpha value is -1.42. The molecular formula is C16H22FNO2. The number of hydrogen-bond donors (Lipinski definition) is 2. The van der Waals surface area contributed by atoms with Gasteiger partial charge in [0.1, 0.15) is 5.82 Å². The molecule has 0 spiro atoms. The third-order valence-corrected chi connectivity index (χ3v) is 3.91. The minimum Gasteiger partial charge on any atom is -0.396 e. The van der Waals surface area contributed by atoms with Gasteiger partial charge in [-0.15, -0.1) is 0 Å². The molecule has 3 nitrogen and oxygen atoms in total. The Balaban J connectivity index is 1.88. The summed E-state index contributed by atoms with van der Waals surface area (Å²) in [5.74, 6) is 0.0352. The Kier molecular flexibility index (Phi) is 5.12. The van der Waals surface area contributed by atoms with Crippen LogP contribution in [0.15, 0.2) is 24.3 Å². The summed E-state index contributed by atoms with van der Waals surface area (Å²) >= 11 is 0. The van der Waals surface area contributed by atoms with Crippen LogP contribution < -0.4 is 5.32 Å². The van der Waals surface area contributed by atoms with Crippen molar-refractivity contribution in [2.24, 2.45) is 5.92 Å². The maximum atomic E-state index is 13.6. The first-order valence-electron chi connectivity index (χ1n) is 7.26. The fourth-order valence-corrected chi connectivity index (χ4v) is 2.59. The molecule has 0 aromatic heterocycles. The molecule has 1 aromatic rings. The van der Waals surface area contributed by atoms with Gasteiger partial charge in [-0.1, -0.05) is 25.1 Å². The SMILES string of the molecule is CC(CC(=O)NC(CCO)C1CC1)c1ccccc1F. The minimum atomic E-state index is -0.262. The van der Waals surface area contributed by atoms with Crippen LogP contribution in [0.25, 0.3) is 0 Å². The summed E-state index contributed by atoms with van der Waals surface area (Å²) in [6.07, 6.45) is 3.11. The van der Waals surface area contributed by atoms with Crippen molar-refractivity contribution in [1.29, 1.82) is 0 Å². The lowest BCUT2D eigenvalue weighted by atomic mass is 9.96. The zero-order chi connectivity index (χ0) is 14.5. The number of aliphatic hydroxyl groups is 1. The van der Waals surface area contributed by atoms with Crippen molar-refractivity contribution in [2.75, 3.05) is 6.61 Å². The Morgan fingerprint density at radius 2 is 2.15 bits per heavy atom. The topological polar surface area (TPSA) is 49.3 Å². The molecule has 0 radical (unpaired) electrons. The molecule has 0 bridgehead atoms. The van der Waals surface area contributed by atoms with Gasteiger partial charge in [-0.05, 0) is 42.7 Å². The highest BCUT2D eigenvalue weighted by atomic mass is 19.1. The zero-order valence-corrected chi connectivity index (χ0v) is 11.8. The zero-order valence-electron chi connectivity index (χ0n) is 11.8. The lowest BCUT2D eigenvalue weighted by Crippen LogP contribution is -2.37. The Bertz CT molecular complexity index is 460. The van der Waals surface area contributed by atoms with Crippen molar-refractivity contribution >= 4 is 5.91 Å². The molecule has 0 heterocycles. The van der Waals surface area contributed by atoms with Gasteiger partial charge in [0.25, 0.3) is 0 Å². The second-order valence-electron chi connectivity index (χ2n) is 5.65. The molecule has 2 N–H and O–H groups in total. The third kappa shape index (κ3) is 4.04. The summed E-state index contributed by atoms with van der Waals surface area (Å²) < 4.78 is 13.6. The van der Waals surface area contributed by atoms with Crippen LogP contribution in [0.5, 0.6) is 0 Å². The normalized spacial score (nSPS) is 17.6. The molecule has 1 fully saturated rings. The maximum absolute atomic E-state index is 13.6. The predicted molar refractivity (Wildman–Crippen MR) is 75.8 cm³/mol. The standard InChI is InChI=1S/C16H22FNO2/c1-11(13-4-2-3-5-14(13)17)10-16(20)18-15(8-9-19)12-6-7-12/h2-5,11-12,15,19H,6-10H2,1H3,(H,18,20). The molecule has 2 unspecified atom stereocenters. The first-order valence-corrected chi connectivity index (χ1v) is 7.26. The first-order chi connectivity index (χ1) is 9.61. The van der Waals surface area contributed by atoms with E-state index in [1.165, 1.54) is 6.07 Å². The molecule has 1 aliphatic rings. The quantitative estimate of drug-likeness (QED) is 0.806. The molecule has 0 saturated heterocycles. The third-order valence-electron chi connectivity index (χ3n) is 3.91. The van der Waals surface area contributed by atoms with E-state index in [1.807, 2.05) is 6.92 Å². The van der Waals surface area contributed by atoms with E-state index < -0.39 is 0 Å². The predicted octanol–water partition coefficient (Wildman–Crippen LogP) is 2.60. The van der Waals surface area contributed by atoms with E-state index in [4.69, 9.17) is 5.11 Å². The number of aliphatic hydroxyl groups excluding tert-OH is 1. The lowest BCUT2D eigenvalue weighted by molar-refractivity contribution is -0.122. The van der Waals surface area contributed by atoms with Gasteiger partial charge >= 0.3 is 0 Å². The smallest absolute Gasteiger partial charge is 0.220 e. The molecule has 1 aromatic carbocycles. The van der Waals surface area contributed by atoms with Gasteiger partial charge in [-0.3, -0.25) is 4.79 Å². The fourth-order valence-electron chi connectivity index (χ4n) is 2.59. The number of carbonyl (C=O) groups is 1. The summed E-state index contributed by atoms with van der Waals surface area (Å²) in [4.78, 5) is 12.0. The minimum absolute atomic E-state index is 0.0638. The number of carbonyl (C=O) groups excluding carboxylic acids is 1. The van der Waals surface area contributed by atoms with Crippen LogP contribution in [0.1, 0.15) is 44.1 Å². The van der Waals surface area contributed by atoms with Crippen molar-refractivity contribution in [3.05, 3.63) is 35.6 Å². The fraction of sp³-hybridized carbons (Fsp3) is 0.562. The number of halogens is 1. The van der Waals surface area contributed by atoms with Crippen molar-refractivity contribution < 1.29 is 14.3 Å². The maximum Gasteiger partial charge on any atom is 0.220 e. The van der Waals surface area contributed by atoms with E-state index in [1.54, 1.807) is 18.2 Å². The average molecular weight is 279 g/mol. The van der Waals surface area contributed by atoms with Gasteiger partial charge in [0.05, 0.1) is 0 Å².